The Morgan fingerprint density at radius 1 is 1.17 bits per heavy atom. The molecule has 1 fully saturated rings. The molecule has 0 unspecified atom stereocenters. The molecule has 2 aliphatic rings. The van der Waals surface area contributed by atoms with E-state index in [4.69, 9.17) is 30.5 Å². The number of aromatic nitrogens is 2. The molecule has 2 aromatic carbocycles. The Balaban J connectivity index is 1.44. The van der Waals surface area contributed by atoms with E-state index < -0.39 is 12.1 Å². The largest absolute Gasteiger partial charge is 0.489 e. The van der Waals surface area contributed by atoms with E-state index in [2.05, 4.69) is 31.2 Å². The number of hydrogen-bond donors (Lipinski definition) is 4. The second kappa shape index (κ2) is 14.9. The minimum Gasteiger partial charge on any atom is -0.489 e. The summed E-state index contributed by atoms with van der Waals surface area (Å²) in [5, 5.41) is 14.0. The summed E-state index contributed by atoms with van der Waals surface area (Å²) in [4.78, 5) is 38.6. The maximum atomic E-state index is 14.0. The van der Waals surface area contributed by atoms with Crippen molar-refractivity contribution < 1.29 is 28.5 Å². The molecule has 0 saturated carbocycles. The number of halogens is 1. The van der Waals surface area contributed by atoms with Gasteiger partial charge in [-0.3, -0.25) is 9.59 Å². The molecule has 3 atom stereocenters. The monoisotopic (exact) mass is 669 g/mol. The number of methoxy groups -OCH3 is 1. The number of fused-ring (bicyclic) bond motifs is 2. The van der Waals surface area contributed by atoms with Gasteiger partial charge in [0.1, 0.15) is 36.2 Å². The van der Waals surface area contributed by atoms with Crippen LogP contribution in [0.15, 0.2) is 30.6 Å². The van der Waals surface area contributed by atoms with Crippen molar-refractivity contribution >= 4 is 51.5 Å². The molecule has 3 heterocycles. The van der Waals surface area contributed by atoms with E-state index in [9.17, 15) is 9.59 Å². The topological polar surface area (TPSA) is 148 Å². The summed E-state index contributed by atoms with van der Waals surface area (Å²) in [6, 6.07) is 6.01. The summed E-state index contributed by atoms with van der Waals surface area (Å²) >= 11 is 6.54. The third-order valence-corrected chi connectivity index (χ3v) is 8.66. The van der Waals surface area contributed by atoms with Crippen LogP contribution in [0.5, 0.6) is 17.2 Å². The lowest BCUT2D eigenvalue weighted by Crippen LogP contribution is -2.57. The molecule has 47 heavy (non-hydrogen) atoms. The van der Waals surface area contributed by atoms with Gasteiger partial charge in [0.15, 0.2) is 11.5 Å². The number of carbonyl (C=O) groups excluding carboxylic acids is 2. The Labute approximate surface area is 280 Å². The van der Waals surface area contributed by atoms with Gasteiger partial charge in [0.05, 0.1) is 28.9 Å². The summed E-state index contributed by atoms with van der Waals surface area (Å²) in [5.74, 6) is 1.50. The predicted molar refractivity (Wildman–Crippen MR) is 181 cm³/mol. The van der Waals surface area contributed by atoms with Gasteiger partial charge in [0.2, 0.25) is 18.6 Å². The fraction of sp³-hybridized carbons (Fsp3) is 0.515. The van der Waals surface area contributed by atoms with Crippen LogP contribution >= 0.6 is 11.6 Å². The van der Waals surface area contributed by atoms with Crippen molar-refractivity contribution in [1.29, 1.82) is 0 Å². The fourth-order valence-electron chi connectivity index (χ4n) is 5.66. The number of benzene rings is 2. The zero-order valence-corrected chi connectivity index (χ0v) is 28.5. The zero-order valence-electron chi connectivity index (χ0n) is 27.7. The minimum absolute atomic E-state index is 0.0789. The number of ether oxygens (including phenoxy) is 4. The lowest BCUT2D eigenvalue weighted by Gasteiger charge is -2.36. The second-order valence-electron chi connectivity index (χ2n) is 12.8. The first-order valence-corrected chi connectivity index (χ1v) is 16.2. The van der Waals surface area contributed by atoms with Gasteiger partial charge in [-0.25, -0.2) is 9.97 Å². The molecule has 5 rings (SSSR count). The number of nitrogens with one attached hydrogen (secondary N) is 4. The van der Waals surface area contributed by atoms with E-state index in [1.165, 1.54) is 6.33 Å². The number of likely N-dealkylation sites (N-methyl/N-ethyl adjacent to an activating group) is 1. The summed E-state index contributed by atoms with van der Waals surface area (Å²) in [6.07, 6.45) is 2.69. The second-order valence-corrected chi connectivity index (χ2v) is 13.2. The van der Waals surface area contributed by atoms with Crippen LogP contribution in [0.1, 0.15) is 40.5 Å². The first-order valence-electron chi connectivity index (χ1n) is 15.8. The Morgan fingerprint density at radius 2 is 1.98 bits per heavy atom. The maximum absolute atomic E-state index is 14.0. The number of nitrogens with zero attached hydrogens (tertiary/aromatic N) is 3. The van der Waals surface area contributed by atoms with Crippen LogP contribution in [-0.2, 0) is 14.3 Å². The summed E-state index contributed by atoms with van der Waals surface area (Å²) in [6.45, 7) is 9.92. The molecule has 0 spiro atoms. The van der Waals surface area contributed by atoms with Gasteiger partial charge in [0, 0.05) is 37.7 Å². The molecule has 1 saturated heterocycles. The van der Waals surface area contributed by atoms with Gasteiger partial charge in [-0.1, -0.05) is 32.4 Å². The fourth-order valence-corrected chi connectivity index (χ4v) is 5.86. The first-order chi connectivity index (χ1) is 22.5. The van der Waals surface area contributed by atoms with Gasteiger partial charge < -0.3 is 45.1 Å². The third kappa shape index (κ3) is 7.81. The zero-order chi connectivity index (χ0) is 33.7. The predicted octanol–water partition coefficient (Wildman–Crippen LogP) is 4.32. The molecular formula is C33H44ClN7O6. The Kier molecular flexibility index (Phi) is 10.9. The highest BCUT2D eigenvalue weighted by Gasteiger charge is 2.41. The number of likely N-dealkylation sites (tertiary alicyclic amines) is 1. The third-order valence-electron chi connectivity index (χ3n) is 8.34. The average Bonchev–Trinajstić information content (AvgIpc) is 3.73. The van der Waals surface area contributed by atoms with Crippen LogP contribution in [0.4, 0.5) is 17.2 Å². The van der Waals surface area contributed by atoms with E-state index >= 15 is 0 Å². The van der Waals surface area contributed by atoms with Crippen LogP contribution < -0.4 is 35.5 Å². The highest BCUT2D eigenvalue weighted by molar-refractivity contribution is 6.34. The minimum atomic E-state index is -0.647. The number of rotatable bonds is 13. The Hall–Kier alpha value is -3.91. The molecule has 254 valence electrons. The number of amides is 2. The van der Waals surface area contributed by atoms with Crippen molar-refractivity contribution in [3.63, 3.8) is 0 Å². The molecule has 2 amide bonds. The van der Waals surface area contributed by atoms with E-state index in [-0.39, 0.29) is 36.7 Å². The van der Waals surface area contributed by atoms with E-state index in [1.807, 2.05) is 34.7 Å². The van der Waals surface area contributed by atoms with Crippen molar-refractivity contribution in [2.24, 2.45) is 5.41 Å². The molecule has 0 radical (unpaired) electrons. The standard InChI is InChI=1S/C33H44ClN7O6/c1-19(35-5)16-36-29(33(2,3)4)32(43)41-11-7-8-24(41)31(42)39-23-14-20-22(15-26(23)45-13-12-44-6)37-17-38-30(20)40-27-21(34)9-10-25-28(27)47-18-46-25/h9-10,14-15,17,19,24,29,35-36H,7-8,11-13,16,18H2,1-6H3,(H,39,42)(H,37,38,40)/t19-,24-,29+/m0/s1. The van der Waals surface area contributed by atoms with E-state index in [0.29, 0.717) is 76.5 Å². The molecule has 0 aliphatic carbocycles. The first kappa shape index (κ1) is 34.4. The molecule has 3 aromatic rings. The molecular weight excluding hydrogens is 626 g/mol. The smallest absolute Gasteiger partial charge is 0.247 e. The van der Waals surface area contributed by atoms with Crippen molar-refractivity contribution in [1.82, 2.24) is 25.5 Å². The Morgan fingerprint density at radius 3 is 2.72 bits per heavy atom. The highest BCUT2D eigenvalue weighted by atomic mass is 35.5. The van der Waals surface area contributed by atoms with Gasteiger partial charge in [-0.2, -0.15) is 0 Å². The molecule has 2 aliphatic heterocycles. The molecule has 13 nitrogen and oxygen atoms in total. The van der Waals surface area contributed by atoms with Crippen LogP contribution in [0.3, 0.4) is 0 Å². The lowest BCUT2D eigenvalue weighted by molar-refractivity contribution is -0.140. The highest BCUT2D eigenvalue weighted by Crippen LogP contribution is 2.45. The SMILES string of the molecule is CN[C@@H](C)CN[C@H](C(=O)N1CCC[C@H]1C(=O)Nc1cc2c(Nc3c(Cl)ccc4c3OCO4)ncnc2cc1OCCOC)C(C)(C)C. The normalized spacial score (nSPS) is 17.1. The van der Waals surface area contributed by atoms with Crippen molar-refractivity contribution in [2.45, 2.75) is 58.7 Å². The average molecular weight is 670 g/mol. The van der Waals surface area contributed by atoms with Gasteiger partial charge in [0.25, 0.3) is 0 Å². The summed E-state index contributed by atoms with van der Waals surface area (Å²) in [7, 11) is 3.47. The van der Waals surface area contributed by atoms with Gasteiger partial charge >= 0.3 is 0 Å². The molecule has 14 heteroatoms. The van der Waals surface area contributed by atoms with Crippen molar-refractivity contribution in [3.8, 4) is 17.2 Å². The lowest BCUT2D eigenvalue weighted by atomic mass is 9.85. The summed E-state index contributed by atoms with van der Waals surface area (Å²) < 4.78 is 22.4. The number of carbonyl (C=O) groups is 2. The van der Waals surface area contributed by atoms with E-state index in [1.54, 1.807) is 36.3 Å². The molecule has 0 bridgehead atoms. The van der Waals surface area contributed by atoms with Crippen molar-refractivity contribution in [3.05, 3.63) is 35.6 Å². The van der Waals surface area contributed by atoms with Crippen LogP contribution in [0.25, 0.3) is 10.9 Å². The van der Waals surface area contributed by atoms with Gasteiger partial charge in [-0.15, -0.1) is 0 Å². The number of hydrogen-bond acceptors (Lipinski definition) is 11. The summed E-state index contributed by atoms with van der Waals surface area (Å²) in [5.41, 5.74) is 1.12. The van der Waals surface area contributed by atoms with Gasteiger partial charge in [-0.05, 0) is 50.4 Å². The van der Waals surface area contributed by atoms with Crippen LogP contribution in [0, 0.1) is 5.41 Å². The maximum Gasteiger partial charge on any atom is 0.247 e. The Bertz CT molecular complexity index is 1600. The van der Waals surface area contributed by atoms with Crippen LogP contribution in [0.2, 0.25) is 5.02 Å². The number of anilines is 3. The van der Waals surface area contributed by atoms with Crippen LogP contribution in [-0.4, -0.2) is 92.1 Å². The molecule has 4 N–H and O–H groups in total. The van der Waals surface area contributed by atoms with E-state index in [0.717, 1.165) is 6.42 Å². The quantitative estimate of drug-likeness (QED) is 0.193. The molecule has 1 aromatic heterocycles. The van der Waals surface area contributed by atoms with Crippen molar-refractivity contribution in [2.75, 3.05) is 57.9 Å².